The van der Waals surface area contributed by atoms with Crippen molar-refractivity contribution < 1.29 is 4.79 Å². The maximum Gasteiger partial charge on any atom is 0.224 e. The van der Waals surface area contributed by atoms with Crippen molar-refractivity contribution in [1.29, 1.82) is 0 Å². The van der Waals surface area contributed by atoms with Crippen molar-refractivity contribution in [3.8, 4) is 0 Å². The highest BCUT2D eigenvalue weighted by atomic mass is 35.5. The Morgan fingerprint density at radius 1 is 1.12 bits per heavy atom. The molecule has 1 aromatic heterocycles. The molecule has 1 heterocycles. The molecule has 3 nitrogen and oxygen atoms in total. The van der Waals surface area contributed by atoms with Gasteiger partial charge in [-0.05, 0) is 41.8 Å². The third kappa shape index (κ3) is 3.92. The molecule has 0 spiro atoms. The van der Waals surface area contributed by atoms with Crippen LogP contribution in [-0.4, -0.2) is 17.0 Å². The predicted octanol–water partition coefficient (Wildman–Crippen LogP) is 4.39. The minimum Gasteiger partial charge on any atom is -0.355 e. The maximum atomic E-state index is 12.2. The number of nitrogens with zero attached hydrogens (tertiary/aromatic N) is 1. The van der Waals surface area contributed by atoms with Crippen LogP contribution >= 0.6 is 23.2 Å². The third-order valence-corrected chi connectivity index (χ3v) is 4.43. The Morgan fingerprint density at radius 3 is 2.58 bits per heavy atom. The Bertz CT molecular complexity index is 866. The minimum absolute atomic E-state index is 0.0134. The SMILES string of the molecule is Cn1cc(CC(=O)NCCc2cc(Cl)cc(Cl)c2)c2ccccc21. The fourth-order valence-corrected chi connectivity index (χ4v) is 3.47. The maximum absolute atomic E-state index is 12.2. The first kappa shape index (κ1) is 16.9. The lowest BCUT2D eigenvalue weighted by Gasteiger charge is -2.06. The van der Waals surface area contributed by atoms with Crippen molar-refractivity contribution in [2.45, 2.75) is 12.8 Å². The molecule has 24 heavy (non-hydrogen) atoms. The van der Waals surface area contributed by atoms with E-state index < -0.39 is 0 Å². The van der Waals surface area contributed by atoms with Crippen molar-refractivity contribution in [2.24, 2.45) is 7.05 Å². The summed E-state index contributed by atoms with van der Waals surface area (Å²) in [4.78, 5) is 12.2. The molecule has 1 amide bonds. The Kier molecular flexibility index (Phi) is 5.12. The van der Waals surface area contributed by atoms with Gasteiger partial charge in [-0.15, -0.1) is 0 Å². The van der Waals surface area contributed by atoms with Gasteiger partial charge in [-0.25, -0.2) is 0 Å². The number of carbonyl (C=O) groups is 1. The van der Waals surface area contributed by atoms with Crippen LogP contribution < -0.4 is 5.32 Å². The first-order chi connectivity index (χ1) is 11.5. The van der Waals surface area contributed by atoms with Crippen LogP contribution in [0.3, 0.4) is 0 Å². The quantitative estimate of drug-likeness (QED) is 0.719. The van der Waals surface area contributed by atoms with Crippen molar-refractivity contribution in [3.05, 3.63) is 69.8 Å². The van der Waals surface area contributed by atoms with Crippen LogP contribution in [0.5, 0.6) is 0 Å². The van der Waals surface area contributed by atoms with E-state index >= 15 is 0 Å². The summed E-state index contributed by atoms with van der Waals surface area (Å²) in [5.41, 5.74) is 3.18. The standard InChI is InChI=1S/C19H18Cl2N2O/c1-23-12-14(17-4-2-3-5-18(17)23)10-19(24)22-7-6-13-8-15(20)11-16(21)9-13/h2-5,8-9,11-12H,6-7,10H2,1H3,(H,22,24). The molecule has 124 valence electrons. The summed E-state index contributed by atoms with van der Waals surface area (Å²) < 4.78 is 2.05. The van der Waals surface area contributed by atoms with Crippen LogP contribution in [0.1, 0.15) is 11.1 Å². The summed E-state index contributed by atoms with van der Waals surface area (Å²) >= 11 is 12.0. The number of aromatic nitrogens is 1. The number of carbonyl (C=O) groups excluding carboxylic acids is 1. The molecule has 3 rings (SSSR count). The van der Waals surface area contributed by atoms with Gasteiger partial charge in [-0.1, -0.05) is 41.4 Å². The monoisotopic (exact) mass is 360 g/mol. The normalized spacial score (nSPS) is 11.0. The van der Waals surface area contributed by atoms with E-state index in [9.17, 15) is 4.79 Å². The molecule has 0 atom stereocenters. The zero-order chi connectivity index (χ0) is 17.1. The molecule has 0 bridgehead atoms. The molecule has 0 unspecified atom stereocenters. The van der Waals surface area contributed by atoms with Gasteiger partial charge < -0.3 is 9.88 Å². The first-order valence-electron chi connectivity index (χ1n) is 7.77. The van der Waals surface area contributed by atoms with Gasteiger partial charge in [0.15, 0.2) is 0 Å². The van der Waals surface area contributed by atoms with Crippen molar-refractivity contribution in [2.75, 3.05) is 6.54 Å². The number of benzene rings is 2. The fourth-order valence-electron chi connectivity index (χ4n) is 2.90. The molecule has 0 saturated carbocycles. The summed E-state index contributed by atoms with van der Waals surface area (Å²) in [7, 11) is 1.99. The number of para-hydroxylation sites is 1. The molecular formula is C19H18Cl2N2O. The lowest BCUT2D eigenvalue weighted by Crippen LogP contribution is -2.27. The van der Waals surface area contributed by atoms with Gasteiger partial charge in [-0.3, -0.25) is 4.79 Å². The molecule has 5 heteroatoms. The highest BCUT2D eigenvalue weighted by molar-refractivity contribution is 6.34. The van der Waals surface area contributed by atoms with Crippen LogP contribution in [0, 0.1) is 0 Å². The van der Waals surface area contributed by atoms with Gasteiger partial charge in [0, 0.05) is 40.7 Å². The van der Waals surface area contributed by atoms with Gasteiger partial charge in [0.1, 0.15) is 0 Å². The largest absolute Gasteiger partial charge is 0.355 e. The second kappa shape index (κ2) is 7.29. The molecule has 0 aliphatic rings. The highest BCUT2D eigenvalue weighted by Crippen LogP contribution is 2.21. The summed E-state index contributed by atoms with van der Waals surface area (Å²) in [6, 6.07) is 13.5. The Labute approximate surface area is 151 Å². The molecule has 0 aliphatic heterocycles. The molecular weight excluding hydrogens is 343 g/mol. The molecule has 0 fully saturated rings. The molecule has 0 aliphatic carbocycles. The van der Waals surface area contributed by atoms with Gasteiger partial charge in [0.2, 0.25) is 5.91 Å². The van der Waals surface area contributed by atoms with Gasteiger partial charge in [0.05, 0.1) is 6.42 Å². The Hall–Kier alpha value is -1.97. The first-order valence-corrected chi connectivity index (χ1v) is 8.53. The summed E-state index contributed by atoms with van der Waals surface area (Å²) in [5, 5.41) is 5.30. The van der Waals surface area contributed by atoms with Crippen LogP contribution in [0.2, 0.25) is 10.0 Å². The lowest BCUT2D eigenvalue weighted by atomic mass is 10.1. The lowest BCUT2D eigenvalue weighted by molar-refractivity contribution is -0.120. The van der Waals surface area contributed by atoms with E-state index in [0.717, 1.165) is 22.0 Å². The van der Waals surface area contributed by atoms with E-state index in [4.69, 9.17) is 23.2 Å². The van der Waals surface area contributed by atoms with Crippen LogP contribution in [0.4, 0.5) is 0 Å². The van der Waals surface area contributed by atoms with Crippen LogP contribution in [0.15, 0.2) is 48.7 Å². The topological polar surface area (TPSA) is 34.0 Å². The van der Waals surface area contributed by atoms with Gasteiger partial charge >= 0.3 is 0 Å². The van der Waals surface area contributed by atoms with Crippen molar-refractivity contribution in [3.63, 3.8) is 0 Å². The molecule has 0 radical (unpaired) electrons. The van der Waals surface area contributed by atoms with E-state index in [2.05, 4.69) is 11.4 Å². The zero-order valence-electron chi connectivity index (χ0n) is 13.4. The number of fused-ring (bicyclic) bond motifs is 1. The van der Waals surface area contributed by atoms with Gasteiger partial charge in [0.25, 0.3) is 0 Å². The molecule has 1 N–H and O–H groups in total. The van der Waals surface area contributed by atoms with E-state index in [1.807, 2.05) is 48.1 Å². The smallest absolute Gasteiger partial charge is 0.224 e. The number of rotatable bonds is 5. The number of hydrogen-bond acceptors (Lipinski definition) is 1. The van der Waals surface area contributed by atoms with Crippen molar-refractivity contribution in [1.82, 2.24) is 9.88 Å². The van der Waals surface area contributed by atoms with E-state index in [0.29, 0.717) is 29.4 Å². The molecule has 0 saturated heterocycles. The highest BCUT2D eigenvalue weighted by Gasteiger charge is 2.10. The zero-order valence-corrected chi connectivity index (χ0v) is 14.9. The predicted molar refractivity (Wildman–Crippen MR) is 99.8 cm³/mol. The van der Waals surface area contributed by atoms with Gasteiger partial charge in [-0.2, -0.15) is 0 Å². The molecule has 2 aromatic carbocycles. The van der Waals surface area contributed by atoms with E-state index in [1.165, 1.54) is 0 Å². The minimum atomic E-state index is 0.0134. The summed E-state index contributed by atoms with van der Waals surface area (Å²) in [6.07, 6.45) is 3.08. The number of aryl methyl sites for hydroxylation is 1. The van der Waals surface area contributed by atoms with Crippen LogP contribution in [0.25, 0.3) is 10.9 Å². The second-order valence-corrected chi connectivity index (χ2v) is 6.71. The number of halogens is 2. The second-order valence-electron chi connectivity index (χ2n) is 5.84. The Morgan fingerprint density at radius 2 is 1.83 bits per heavy atom. The Balaban J connectivity index is 1.59. The van der Waals surface area contributed by atoms with Crippen molar-refractivity contribution >= 4 is 40.0 Å². The number of amides is 1. The average Bonchev–Trinajstić information content (AvgIpc) is 2.83. The fraction of sp³-hybridized carbons (Fsp3) is 0.211. The number of nitrogens with one attached hydrogen (secondary N) is 1. The number of hydrogen-bond donors (Lipinski definition) is 1. The third-order valence-electron chi connectivity index (χ3n) is 3.99. The molecule has 3 aromatic rings. The van der Waals surface area contributed by atoms with E-state index in [-0.39, 0.29) is 5.91 Å². The van der Waals surface area contributed by atoms with Crippen LogP contribution in [-0.2, 0) is 24.7 Å². The summed E-state index contributed by atoms with van der Waals surface area (Å²) in [6.45, 7) is 0.556. The van der Waals surface area contributed by atoms with E-state index in [1.54, 1.807) is 6.07 Å². The summed E-state index contributed by atoms with van der Waals surface area (Å²) in [5.74, 6) is 0.0134. The average molecular weight is 361 g/mol.